The summed E-state index contributed by atoms with van der Waals surface area (Å²) in [6, 6.07) is 4.73. The number of hydrogen-bond donors (Lipinski definition) is 2. The molecule has 3 N–H and O–H groups in total. The summed E-state index contributed by atoms with van der Waals surface area (Å²) in [7, 11) is 1.57. The van der Waals surface area contributed by atoms with Crippen LogP contribution in [0.25, 0.3) is 0 Å². The van der Waals surface area contributed by atoms with E-state index in [9.17, 15) is 4.39 Å². The summed E-state index contributed by atoms with van der Waals surface area (Å²) in [6.45, 7) is 4.55. The Balaban J connectivity index is 2.29. The zero-order valence-corrected chi connectivity index (χ0v) is 12.5. The minimum absolute atomic E-state index is 0.193. The van der Waals surface area contributed by atoms with Crippen LogP contribution in [-0.4, -0.2) is 7.11 Å². The molecular weight excluding hydrogens is 255 g/mol. The highest BCUT2D eigenvalue weighted by molar-refractivity contribution is 5.37. The molecular formula is C16H25FN2O. The Labute approximate surface area is 120 Å². The van der Waals surface area contributed by atoms with Gasteiger partial charge in [-0.1, -0.05) is 26.3 Å². The first-order chi connectivity index (χ1) is 9.58. The van der Waals surface area contributed by atoms with Crippen LogP contribution in [0.5, 0.6) is 5.75 Å². The molecule has 1 fully saturated rings. The molecule has 0 radical (unpaired) electrons. The summed E-state index contributed by atoms with van der Waals surface area (Å²) in [4.78, 5) is 0. The molecule has 1 aliphatic carbocycles. The zero-order chi connectivity index (χ0) is 14.7. The average Bonchev–Trinajstić information content (AvgIpc) is 2.45. The Bertz CT molecular complexity index is 452. The summed E-state index contributed by atoms with van der Waals surface area (Å²) in [5.74, 6) is 7.77. The number of rotatable bonds is 4. The Hall–Kier alpha value is -1.13. The molecule has 1 aromatic carbocycles. The van der Waals surface area contributed by atoms with Crippen LogP contribution in [0.3, 0.4) is 0 Å². The molecule has 0 saturated heterocycles. The maximum absolute atomic E-state index is 14.2. The van der Waals surface area contributed by atoms with Crippen LogP contribution in [0.1, 0.15) is 44.7 Å². The standard InChI is InChI=1S/C16H25FN2O/c1-10-7-8-12(9-11(10)2)16(19-18)15-13(17)5-4-6-14(15)20-3/h4-6,10-12,16,19H,7-9,18H2,1-3H3. The van der Waals surface area contributed by atoms with Crippen LogP contribution in [0.15, 0.2) is 18.2 Å². The topological polar surface area (TPSA) is 47.3 Å². The fourth-order valence-electron chi connectivity index (χ4n) is 3.34. The molecule has 112 valence electrons. The Morgan fingerprint density at radius 1 is 1.30 bits per heavy atom. The Kier molecular flexibility index (Phi) is 5.00. The van der Waals surface area contributed by atoms with E-state index in [-0.39, 0.29) is 11.9 Å². The molecule has 1 aromatic rings. The van der Waals surface area contributed by atoms with Gasteiger partial charge in [-0.25, -0.2) is 4.39 Å². The monoisotopic (exact) mass is 280 g/mol. The second-order valence-corrected chi connectivity index (χ2v) is 6.03. The first-order valence-electron chi connectivity index (χ1n) is 7.37. The lowest BCUT2D eigenvalue weighted by atomic mass is 9.72. The predicted molar refractivity (Wildman–Crippen MR) is 78.7 cm³/mol. The lowest BCUT2D eigenvalue weighted by Crippen LogP contribution is -2.37. The van der Waals surface area contributed by atoms with E-state index < -0.39 is 0 Å². The molecule has 0 aliphatic heterocycles. The van der Waals surface area contributed by atoms with Gasteiger partial charge in [0.1, 0.15) is 11.6 Å². The molecule has 4 unspecified atom stereocenters. The number of hydrogen-bond acceptors (Lipinski definition) is 3. The number of ether oxygens (including phenoxy) is 1. The summed E-state index contributed by atoms with van der Waals surface area (Å²) in [6.07, 6.45) is 3.30. The highest BCUT2D eigenvalue weighted by atomic mass is 19.1. The third kappa shape index (κ3) is 2.96. The minimum atomic E-state index is -0.251. The molecule has 20 heavy (non-hydrogen) atoms. The molecule has 3 nitrogen and oxygen atoms in total. The molecule has 0 spiro atoms. The van der Waals surface area contributed by atoms with E-state index in [1.54, 1.807) is 19.2 Å². The smallest absolute Gasteiger partial charge is 0.131 e. The van der Waals surface area contributed by atoms with Crippen LogP contribution in [-0.2, 0) is 0 Å². The molecule has 0 bridgehead atoms. The van der Waals surface area contributed by atoms with Crippen molar-refractivity contribution in [3.63, 3.8) is 0 Å². The Morgan fingerprint density at radius 2 is 2.05 bits per heavy atom. The second-order valence-electron chi connectivity index (χ2n) is 6.03. The first-order valence-corrected chi connectivity index (χ1v) is 7.37. The largest absolute Gasteiger partial charge is 0.496 e. The predicted octanol–water partition coefficient (Wildman–Crippen LogP) is 3.41. The number of benzene rings is 1. The number of halogens is 1. The molecule has 4 atom stereocenters. The van der Waals surface area contributed by atoms with E-state index >= 15 is 0 Å². The number of hydrazine groups is 1. The fourth-order valence-corrected chi connectivity index (χ4v) is 3.34. The zero-order valence-electron chi connectivity index (χ0n) is 12.5. The maximum Gasteiger partial charge on any atom is 0.131 e. The highest BCUT2D eigenvalue weighted by Crippen LogP contribution is 2.42. The van der Waals surface area contributed by atoms with Crippen molar-refractivity contribution in [1.29, 1.82) is 0 Å². The summed E-state index contributed by atoms with van der Waals surface area (Å²) < 4.78 is 19.5. The van der Waals surface area contributed by atoms with Gasteiger partial charge >= 0.3 is 0 Å². The van der Waals surface area contributed by atoms with E-state index in [0.29, 0.717) is 23.1 Å². The van der Waals surface area contributed by atoms with Gasteiger partial charge in [0.2, 0.25) is 0 Å². The van der Waals surface area contributed by atoms with Crippen molar-refractivity contribution in [2.75, 3.05) is 7.11 Å². The molecule has 1 aliphatic rings. The summed E-state index contributed by atoms with van der Waals surface area (Å²) in [5, 5.41) is 0. The summed E-state index contributed by atoms with van der Waals surface area (Å²) in [5.41, 5.74) is 3.38. The van der Waals surface area contributed by atoms with Crippen LogP contribution in [0, 0.1) is 23.6 Å². The molecule has 2 rings (SSSR count). The maximum atomic E-state index is 14.2. The SMILES string of the molecule is COc1cccc(F)c1C(NN)C1CCC(C)C(C)C1. The lowest BCUT2D eigenvalue weighted by Gasteiger charge is -2.37. The number of nitrogens with one attached hydrogen (secondary N) is 1. The first kappa shape index (κ1) is 15.3. The van der Waals surface area contributed by atoms with Gasteiger partial charge < -0.3 is 4.74 Å². The van der Waals surface area contributed by atoms with Crippen LogP contribution >= 0.6 is 0 Å². The lowest BCUT2D eigenvalue weighted by molar-refractivity contribution is 0.168. The van der Waals surface area contributed by atoms with E-state index in [0.717, 1.165) is 18.8 Å². The normalized spacial score (nSPS) is 28.1. The van der Waals surface area contributed by atoms with Crippen molar-refractivity contribution < 1.29 is 9.13 Å². The Morgan fingerprint density at radius 3 is 2.65 bits per heavy atom. The quantitative estimate of drug-likeness (QED) is 0.656. The number of methoxy groups -OCH3 is 1. The van der Waals surface area contributed by atoms with Crippen LogP contribution in [0.2, 0.25) is 0 Å². The van der Waals surface area contributed by atoms with Crippen molar-refractivity contribution in [3.8, 4) is 5.75 Å². The van der Waals surface area contributed by atoms with Crippen molar-refractivity contribution in [3.05, 3.63) is 29.6 Å². The van der Waals surface area contributed by atoms with Gasteiger partial charge in [0.25, 0.3) is 0 Å². The average molecular weight is 280 g/mol. The van der Waals surface area contributed by atoms with Crippen LogP contribution < -0.4 is 16.0 Å². The molecule has 0 amide bonds. The number of nitrogens with two attached hydrogens (primary N) is 1. The molecule has 4 heteroatoms. The van der Waals surface area contributed by atoms with Crippen molar-refractivity contribution >= 4 is 0 Å². The third-order valence-corrected chi connectivity index (χ3v) is 4.83. The molecule has 0 heterocycles. The highest BCUT2D eigenvalue weighted by Gasteiger charge is 2.33. The van der Waals surface area contributed by atoms with E-state index in [1.807, 2.05) is 0 Å². The van der Waals surface area contributed by atoms with Gasteiger partial charge in [0, 0.05) is 5.56 Å². The van der Waals surface area contributed by atoms with Crippen LogP contribution in [0.4, 0.5) is 4.39 Å². The van der Waals surface area contributed by atoms with E-state index in [2.05, 4.69) is 19.3 Å². The van der Waals surface area contributed by atoms with E-state index in [1.165, 1.54) is 12.5 Å². The fraction of sp³-hybridized carbons (Fsp3) is 0.625. The van der Waals surface area contributed by atoms with Crippen molar-refractivity contribution in [2.45, 2.75) is 39.2 Å². The minimum Gasteiger partial charge on any atom is -0.496 e. The molecule has 0 aromatic heterocycles. The van der Waals surface area contributed by atoms with Crippen molar-refractivity contribution in [2.24, 2.45) is 23.6 Å². The summed E-state index contributed by atoms with van der Waals surface area (Å²) >= 11 is 0. The van der Waals surface area contributed by atoms with Gasteiger partial charge in [-0.15, -0.1) is 0 Å². The van der Waals surface area contributed by atoms with Gasteiger partial charge in [0.05, 0.1) is 13.2 Å². The second kappa shape index (κ2) is 6.55. The van der Waals surface area contributed by atoms with Gasteiger partial charge in [0.15, 0.2) is 0 Å². The van der Waals surface area contributed by atoms with Gasteiger partial charge in [-0.05, 0) is 42.7 Å². The van der Waals surface area contributed by atoms with Gasteiger partial charge in [-0.2, -0.15) is 0 Å². The van der Waals surface area contributed by atoms with Gasteiger partial charge in [-0.3, -0.25) is 11.3 Å². The van der Waals surface area contributed by atoms with E-state index in [4.69, 9.17) is 10.6 Å². The third-order valence-electron chi connectivity index (χ3n) is 4.83. The molecule has 1 saturated carbocycles. The van der Waals surface area contributed by atoms with Crippen molar-refractivity contribution in [1.82, 2.24) is 5.43 Å².